The second-order valence-corrected chi connectivity index (χ2v) is 6.61. The van der Waals surface area contributed by atoms with Crippen molar-refractivity contribution < 1.29 is 8.42 Å². The Bertz CT molecular complexity index is 695. The van der Waals surface area contributed by atoms with Crippen molar-refractivity contribution in [1.29, 1.82) is 0 Å². The largest absolute Gasteiger partial charge is 0.368 e. The van der Waals surface area contributed by atoms with E-state index in [1.165, 1.54) is 18.4 Å². The monoisotopic (exact) mass is 299 g/mol. The van der Waals surface area contributed by atoms with Crippen molar-refractivity contribution in [2.45, 2.75) is 0 Å². The van der Waals surface area contributed by atoms with Crippen molar-refractivity contribution in [2.24, 2.45) is 0 Å². The van der Waals surface area contributed by atoms with E-state index >= 15 is 0 Å². The van der Waals surface area contributed by atoms with Gasteiger partial charge in [0.25, 0.3) is 0 Å². The second kappa shape index (κ2) is 5.59. The van der Waals surface area contributed by atoms with Gasteiger partial charge in [-0.05, 0) is 0 Å². The maximum absolute atomic E-state index is 11.7. The van der Waals surface area contributed by atoms with Crippen LogP contribution in [0.4, 0.5) is 11.8 Å². The molecule has 0 amide bonds. The quantitative estimate of drug-likeness (QED) is 0.670. The van der Waals surface area contributed by atoms with Crippen LogP contribution in [0.3, 0.4) is 0 Å². The number of aromatic nitrogens is 4. The molecule has 9 nitrogen and oxygen atoms in total. The molecule has 0 fully saturated rings. The molecular weight excluding hydrogens is 282 g/mol. The van der Waals surface area contributed by atoms with Gasteiger partial charge < -0.3 is 10.6 Å². The molecule has 0 saturated carbocycles. The van der Waals surface area contributed by atoms with Crippen LogP contribution in [0.5, 0.6) is 0 Å². The fourth-order valence-corrected chi connectivity index (χ4v) is 2.29. The molecule has 0 aliphatic heterocycles. The zero-order valence-electron chi connectivity index (χ0n) is 11.5. The topological polar surface area (TPSA) is 116 Å². The van der Waals surface area contributed by atoms with Crippen LogP contribution >= 0.6 is 0 Å². The van der Waals surface area contributed by atoms with E-state index < -0.39 is 10.0 Å². The molecular formula is C10H17N7O2S. The Morgan fingerprint density at radius 3 is 2.75 bits per heavy atom. The minimum absolute atomic E-state index is 0.0156. The normalized spacial score (nSPS) is 12.0. The van der Waals surface area contributed by atoms with Gasteiger partial charge in [-0.3, -0.25) is 5.10 Å². The first-order chi connectivity index (χ1) is 9.44. The molecule has 3 N–H and O–H groups in total. The summed E-state index contributed by atoms with van der Waals surface area (Å²) in [7, 11) is 1.49. The Balaban J connectivity index is 2.15. The highest BCUT2D eigenvalue weighted by atomic mass is 32.2. The first kappa shape index (κ1) is 14.5. The van der Waals surface area contributed by atoms with Gasteiger partial charge in [-0.2, -0.15) is 15.1 Å². The van der Waals surface area contributed by atoms with Crippen molar-refractivity contribution in [2.75, 3.05) is 44.1 Å². The zero-order chi connectivity index (χ0) is 14.8. The standard InChI is InChI=1S/C10H17N7O2S/c1-11-10-14-8(7-6-13-16-9(7)15-10)12-4-5-20(18,19)17(2)3/h6H,4-5H2,1-3H3,(H3,11,12,13,14,15,16). The number of hydrogen-bond acceptors (Lipinski definition) is 7. The number of nitrogens with one attached hydrogen (secondary N) is 3. The predicted molar refractivity (Wildman–Crippen MR) is 77.2 cm³/mol. The fraction of sp³-hybridized carbons (Fsp3) is 0.500. The van der Waals surface area contributed by atoms with Crippen molar-refractivity contribution in [3.63, 3.8) is 0 Å². The molecule has 0 spiro atoms. The molecule has 0 aromatic carbocycles. The molecule has 0 unspecified atom stereocenters. The third kappa shape index (κ3) is 2.96. The molecule has 2 aromatic heterocycles. The summed E-state index contributed by atoms with van der Waals surface area (Å²) in [5.74, 6) is 0.958. The SMILES string of the molecule is CNc1nc(NCCS(=O)(=O)N(C)C)c2cn[nH]c2n1. The summed E-state index contributed by atoms with van der Waals surface area (Å²) >= 11 is 0. The molecule has 2 heterocycles. The van der Waals surface area contributed by atoms with E-state index in [1.54, 1.807) is 13.2 Å². The summed E-state index contributed by atoms with van der Waals surface area (Å²) in [6.07, 6.45) is 1.59. The molecule has 0 bridgehead atoms. The van der Waals surface area contributed by atoms with Crippen LogP contribution in [0.15, 0.2) is 6.20 Å². The number of nitrogens with zero attached hydrogens (tertiary/aromatic N) is 4. The van der Waals surface area contributed by atoms with E-state index in [2.05, 4.69) is 30.8 Å². The van der Waals surface area contributed by atoms with Crippen molar-refractivity contribution in [3.8, 4) is 0 Å². The van der Waals surface area contributed by atoms with Gasteiger partial charge in [-0.25, -0.2) is 12.7 Å². The lowest BCUT2D eigenvalue weighted by atomic mass is 10.4. The number of anilines is 2. The van der Waals surface area contributed by atoms with Gasteiger partial charge in [-0.15, -0.1) is 0 Å². The summed E-state index contributed by atoms with van der Waals surface area (Å²) < 4.78 is 24.6. The van der Waals surface area contributed by atoms with E-state index in [4.69, 9.17) is 0 Å². The van der Waals surface area contributed by atoms with E-state index in [0.717, 1.165) is 0 Å². The Labute approximate surface area is 116 Å². The molecule has 2 rings (SSSR count). The number of H-pyrrole nitrogens is 1. The summed E-state index contributed by atoms with van der Waals surface area (Å²) in [5.41, 5.74) is 0.585. The van der Waals surface area contributed by atoms with Crippen LogP contribution < -0.4 is 10.6 Å². The lowest BCUT2D eigenvalue weighted by molar-refractivity contribution is 0.521. The summed E-state index contributed by atoms with van der Waals surface area (Å²) in [4.78, 5) is 8.45. The Morgan fingerprint density at radius 1 is 1.35 bits per heavy atom. The van der Waals surface area contributed by atoms with Gasteiger partial charge >= 0.3 is 0 Å². The summed E-state index contributed by atoms with van der Waals surface area (Å²) in [5, 5.41) is 13.2. The molecule has 2 aromatic rings. The number of hydrogen-bond donors (Lipinski definition) is 3. The highest BCUT2D eigenvalue weighted by Gasteiger charge is 2.14. The molecule has 0 saturated heterocycles. The van der Waals surface area contributed by atoms with Crippen LogP contribution in [0.1, 0.15) is 0 Å². The lowest BCUT2D eigenvalue weighted by Gasteiger charge is -2.12. The van der Waals surface area contributed by atoms with Gasteiger partial charge in [0, 0.05) is 27.7 Å². The minimum atomic E-state index is -3.24. The second-order valence-electron chi connectivity index (χ2n) is 4.30. The average molecular weight is 299 g/mol. The van der Waals surface area contributed by atoms with Crippen LogP contribution in [0.2, 0.25) is 0 Å². The first-order valence-electron chi connectivity index (χ1n) is 5.97. The zero-order valence-corrected chi connectivity index (χ0v) is 12.3. The van der Waals surface area contributed by atoms with Gasteiger partial charge in [0.15, 0.2) is 5.65 Å². The number of rotatable bonds is 6. The van der Waals surface area contributed by atoms with E-state index in [0.29, 0.717) is 22.8 Å². The maximum atomic E-state index is 11.7. The van der Waals surface area contributed by atoms with Crippen LogP contribution in [-0.4, -0.2) is 66.3 Å². The fourth-order valence-electron chi connectivity index (χ4n) is 1.56. The average Bonchev–Trinajstić information content (AvgIpc) is 2.86. The van der Waals surface area contributed by atoms with Gasteiger partial charge in [0.1, 0.15) is 5.82 Å². The van der Waals surface area contributed by atoms with E-state index in [-0.39, 0.29) is 12.3 Å². The first-order valence-corrected chi connectivity index (χ1v) is 7.58. The highest BCUT2D eigenvalue weighted by molar-refractivity contribution is 7.89. The van der Waals surface area contributed by atoms with Crippen LogP contribution in [-0.2, 0) is 10.0 Å². The third-order valence-corrected chi connectivity index (χ3v) is 4.57. The highest BCUT2D eigenvalue weighted by Crippen LogP contribution is 2.19. The summed E-state index contributed by atoms with van der Waals surface area (Å²) in [6, 6.07) is 0. The van der Waals surface area contributed by atoms with E-state index in [9.17, 15) is 8.42 Å². The molecule has 10 heteroatoms. The smallest absolute Gasteiger partial charge is 0.226 e. The van der Waals surface area contributed by atoms with Gasteiger partial charge in [-0.1, -0.05) is 0 Å². The molecule has 0 atom stereocenters. The summed E-state index contributed by atoms with van der Waals surface area (Å²) in [6.45, 7) is 0.251. The number of aromatic amines is 1. The number of sulfonamides is 1. The van der Waals surface area contributed by atoms with Gasteiger partial charge in [0.2, 0.25) is 16.0 Å². The minimum Gasteiger partial charge on any atom is -0.368 e. The Kier molecular flexibility index (Phi) is 4.04. The van der Waals surface area contributed by atoms with Crippen LogP contribution in [0.25, 0.3) is 11.0 Å². The van der Waals surface area contributed by atoms with Crippen molar-refractivity contribution in [3.05, 3.63) is 6.20 Å². The number of fused-ring (bicyclic) bond motifs is 1. The van der Waals surface area contributed by atoms with Crippen LogP contribution in [0, 0.1) is 0 Å². The lowest BCUT2D eigenvalue weighted by Crippen LogP contribution is -2.28. The predicted octanol–water partition coefficient (Wildman–Crippen LogP) is -0.302. The Hall–Kier alpha value is -1.94. The molecule has 0 aliphatic carbocycles. The molecule has 0 aliphatic rings. The van der Waals surface area contributed by atoms with Crippen molar-refractivity contribution >= 4 is 32.8 Å². The molecule has 20 heavy (non-hydrogen) atoms. The van der Waals surface area contributed by atoms with E-state index in [1.807, 2.05) is 0 Å². The molecule has 110 valence electrons. The maximum Gasteiger partial charge on any atom is 0.226 e. The Morgan fingerprint density at radius 2 is 2.10 bits per heavy atom. The molecule has 0 radical (unpaired) electrons. The third-order valence-electron chi connectivity index (χ3n) is 2.74. The van der Waals surface area contributed by atoms with Gasteiger partial charge in [0.05, 0.1) is 17.3 Å². The van der Waals surface area contributed by atoms with Crippen molar-refractivity contribution in [1.82, 2.24) is 24.5 Å².